The van der Waals surface area contributed by atoms with Gasteiger partial charge in [-0.2, -0.15) is 1.33 Å². The molecule has 0 atom stereocenters. The molecule has 0 spiro atoms. The van der Waals surface area contributed by atoms with Crippen molar-refractivity contribution in [1.29, 1.82) is 0 Å². The van der Waals surface area contributed by atoms with Crippen molar-refractivity contribution < 1.29 is 19.4 Å². The van der Waals surface area contributed by atoms with Crippen molar-refractivity contribution in [3.8, 4) is 0 Å². The van der Waals surface area contributed by atoms with Crippen LogP contribution in [0.4, 0.5) is 0 Å². The summed E-state index contributed by atoms with van der Waals surface area (Å²) in [4.78, 5) is 0. The summed E-state index contributed by atoms with van der Waals surface area (Å²) in [5, 5.41) is 0. The van der Waals surface area contributed by atoms with E-state index in [1.165, 1.54) is 79.1 Å². The van der Waals surface area contributed by atoms with Gasteiger partial charge in [0.2, 0.25) is 0 Å². The normalized spacial score (nSPS) is 18.6. The average molecular weight is 800 g/mol. The van der Waals surface area contributed by atoms with E-state index in [1.54, 1.807) is 0 Å². The van der Waals surface area contributed by atoms with Crippen molar-refractivity contribution in [3.63, 3.8) is 0 Å². The van der Waals surface area contributed by atoms with Crippen LogP contribution in [0.2, 0.25) is 0 Å². The molecule has 0 aliphatic heterocycles. The fraction of sp³-hybridized carbons (Fsp3) is 0.609. The van der Waals surface area contributed by atoms with E-state index in [9.17, 15) is 0 Å². The molecule has 1 aromatic carbocycles. The Kier molecular flexibility index (Phi) is 10.5. The summed E-state index contributed by atoms with van der Waals surface area (Å²) >= 11 is 7.10. The fourth-order valence-corrected chi connectivity index (χ4v) is 6.42. The molecule has 0 bridgehead atoms. The Hall–Kier alpha value is 0.538. The molecule has 0 amide bonds. The molecule has 2 aliphatic carbocycles. The van der Waals surface area contributed by atoms with E-state index in [0.29, 0.717) is 0 Å². The van der Waals surface area contributed by atoms with E-state index in [1.807, 2.05) is 0 Å². The molecule has 1 heterocycles. The molecule has 3 nitrogen and oxygen atoms in total. The Balaban J connectivity index is 0.000000188. The van der Waals surface area contributed by atoms with Crippen LogP contribution in [-0.2, 0) is 25.9 Å². The first kappa shape index (κ1) is 24.2. The summed E-state index contributed by atoms with van der Waals surface area (Å²) in [6, 6.07) is 10.2. The third kappa shape index (κ3) is 7.57. The monoisotopic (exact) mass is 800 g/mol. The molecule has 0 radical (unpaired) electrons. The van der Waals surface area contributed by atoms with Crippen LogP contribution in [0.25, 0.3) is 0 Å². The number of hydrogen-bond acceptors (Lipinski definition) is 1. The Morgan fingerprint density at radius 3 is 1.69 bits per heavy atom. The average Bonchev–Trinajstić information content (AvgIpc) is 3.12. The summed E-state index contributed by atoms with van der Waals surface area (Å²) in [6.45, 7) is 3.11. The van der Waals surface area contributed by atoms with E-state index in [4.69, 9.17) is 0 Å². The van der Waals surface area contributed by atoms with Crippen LogP contribution in [0.5, 0.6) is 0 Å². The van der Waals surface area contributed by atoms with Gasteiger partial charge in [-0.05, 0) is 12.5 Å². The van der Waals surface area contributed by atoms with E-state index in [2.05, 4.69) is 119 Å². The van der Waals surface area contributed by atoms with Crippen LogP contribution in [0, 0.1) is 10.7 Å². The summed E-state index contributed by atoms with van der Waals surface area (Å²) in [5.41, 5.74) is 2.68. The van der Waals surface area contributed by atoms with Crippen molar-refractivity contribution in [2.24, 2.45) is 0 Å². The molecule has 164 valence electrons. The number of halogens is 2. The zero-order chi connectivity index (χ0) is 20.6. The number of hydrogen-bond donors (Lipinski definition) is 0. The quantitative estimate of drug-likeness (QED) is 0.227. The molecule has 0 N–H and O–H groups in total. The van der Waals surface area contributed by atoms with Crippen molar-refractivity contribution in [3.05, 3.63) is 51.6 Å². The molecular formula is C23H33I2N3Pt. The van der Waals surface area contributed by atoms with Gasteiger partial charge >= 0.3 is 121 Å². The zero-order valence-corrected chi connectivity index (χ0v) is 23.9. The zero-order valence-electron chi connectivity index (χ0n) is 17.3. The minimum atomic E-state index is 0.774. The molecule has 6 heteroatoms. The van der Waals surface area contributed by atoms with Gasteiger partial charge in [0.1, 0.15) is 0 Å². The number of benzene rings is 1. The molecule has 2 aliphatic rings. The summed E-state index contributed by atoms with van der Waals surface area (Å²) < 4.78 is 8.68. The van der Waals surface area contributed by atoms with Gasteiger partial charge in [-0.1, -0.05) is 29.8 Å². The van der Waals surface area contributed by atoms with Crippen LogP contribution < -0.4 is 0 Å². The second kappa shape index (κ2) is 12.5. The first-order chi connectivity index (χ1) is 14.0. The van der Waals surface area contributed by atoms with Gasteiger partial charge in [-0.15, -0.1) is 0 Å². The fourth-order valence-electron chi connectivity index (χ4n) is 4.46. The predicted molar refractivity (Wildman–Crippen MR) is 135 cm³/mol. The van der Waals surface area contributed by atoms with Crippen molar-refractivity contribution in [1.82, 2.24) is 10.5 Å². The second-order valence-corrected chi connectivity index (χ2v) is 13.6. The number of rotatable bonds is 4. The number of nitrogens with zero attached hydrogens (tertiary/aromatic N) is 3. The predicted octanol–water partition coefficient (Wildman–Crippen LogP) is 7.88. The van der Waals surface area contributed by atoms with Crippen LogP contribution in [0.1, 0.15) is 87.4 Å². The van der Waals surface area contributed by atoms with Crippen molar-refractivity contribution >= 4 is 45.7 Å². The van der Waals surface area contributed by atoms with E-state index in [0.717, 1.165) is 18.6 Å². The van der Waals surface area contributed by atoms with E-state index >= 15 is 0 Å². The molecule has 0 unspecified atom stereocenters. The molecule has 1 aromatic heterocycles. The summed E-state index contributed by atoms with van der Waals surface area (Å²) in [5.74, 6) is 0. The van der Waals surface area contributed by atoms with E-state index in [-0.39, 0.29) is 0 Å². The SMILES string of the molecule is Cc1ccc(CN(I)I)cc1.[Pt]=[c]1n(C2CCCCC2)ccn1C1CCCCC1. The third-order valence-electron chi connectivity index (χ3n) is 6.14. The molecule has 29 heavy (non-hydrogen) atoms. The molecule has 2 saturated carbocycles. The number of imidazole rings is 1. The first-order valence-corrected chi connectivity index (χ1v) is 14.0. The number of aryl methyl sites for hydroxylation is 1. The molecule has 0 saturated heterocycles. The van der Waals surface area contributed by atoms with Crippen LogP contribution in [0.15, 0.2) is 36.7 Å². The Morgan fingerprint density at radius 2 is 1.28 bits per heavy atom. The summed E-state index contributed by atoms with van der Waals surface area (Å²) in [7, 11) is 0. The molecule has 2 aromatic rings. The first-order valence-electron chi connectivity index (χ1n) is 10.9. The maximum atomic E-state index is 2.55. The van der Waals surface area contributed by atoms with Gasteiger partial charge in [0, 0.05) is 52.3 Å². The van der Waals surface area contributed by atoms with Crippen molar-refractivity contribution in [2.75, 3.05) is 0 Å². The van der Waals surface area contributed by atoms with Gasteiger partial charge in [0.15, 0.2) is 0 Å². The van der Waals surface area contributed by atoms with E-state index < -0.39 is 0 Å². The number of aromatic nitrogens is 2. The van der Waals surface area contributed by atoms with Crippen LogP contribution in [0.3, 0.4) is 0 Å². The minimum absolute atomic E-state index is 0.774. The van der Waals surface area contributed by atoms with Crippen LogP contribution in [-0.4, -0.2) is 10.5 Å². The Labute approximate surface area is 215 Å². The van der Waals surface area contributed by atoms with Crippen LogP contribution >= 0.6 is 45.7 Å². The summed E-state index contributed by atoms with van der Waals surface area (Å²) in [6.07, 6.45) is 18.8. The van der Waals surface area contributed by atoms with Gasteiger partial charge < -0.3 is 0 Å². The Bertz CT molecular complexity index is 747. The molecule has 2 fully saturated rings. The van der Waals surface area contributed by atoms with Crippen molar-refractivity contribution in [2.45, 2.75) is 89.8 Å². The Morgan fingerprint density at radius 1 is 0.828 bits per heavy atom. The van der Waals surface area contributed by atoms with Gasteiger partial charge in [-0.3, -0.25) is 0 Å². The van der Waals surface area contributed by atoms with Gasteiger partial charge in [0.25, 0.3) is 0 Å². The third-order valence-corrected chi connectivity index (χ3v) is 8.00. The molecule has 4 rings (SSSR count). The topological polar surface area (TPSA) is 13.1 Å². The standard InChI is InChI=1S/C15H24N2.C8H9I2N.Pt/c1-3-7-14(8-4-1)16-11-12-17(13-16)15-9-5-2-6-10-15;1-7-2-4-8(5-3-7)6-11(9)10;/h11-12,14-15H,1-10H2;2-5H,6H2,1H3;. The van der Waals surface area contributed by atoms with Gasteiger partial charge in [-0.25, -0.2) is 0 Å². The maximum absolute atomic E-state index is 2.55. The molecular weight excluding hydrogens is 767 g/mol. The second-order valence-electron chi connectivity index (χ2n) is 8.38. The van der Waals surface area contributed by atoms with Gasteiger partial charge in [0.05, 0.1) is 0 Å².